The molecule has 0 radical (unpaired) electrons. The van der Waals surface area contributed by atoms with Gasteiger partial charge >= 0.3 is 0 Å². The second-order valence-electron chi connectivity index (χ2n) is 5.98. The molecule has 4 nitrogen and oxygen atoms in total. The van der Waals surface area contributed by atoms with Gasteiger partial charge in [-0.3, -0.25) is 9.59 Å². The number of para-hydroxylation sites is 2. The number of rotatable bonds is 4. The third-order valence-electron chi connectivity index (χ3n) is 4.28. The number of allylic oxidation sites excluding steroid dienone is 2. The summed E-state index contributed by atoms with van der Waals surface area (Å²) in [6.45, 7) is 0. The van der Waals surface area contributed by atoms with Crippen LogP contribution in [0.3, 0.4) is 0 Å². The van der Waals surface area contributed by atoms with Gasteiger partial charge < -0.3 is 10.6 Å². The molecule has 1 aliphatic rings. The van der Waals surface area contributed by atoms with Gasteiger partial charge in [-0.05, 0) is 37.1 Å². The van der Waals surface area contributed by atoms with Gasteiger partial charge in [-0.25, -0.2) is 0 Å². The molecule has 0 saturated heterocycles. The highest BCUT2D eigenvalue weighted by Crippen LogP contribution is 2.29. The molecular weight excluding hydrogens is 336 g/mol. The van der Waals surface area contributed by atoms with E-state index in [4.69, 9.17) is 11.6 Å². The maximum atomic E-state index is 12.7. The van der Waals surface area contributed by atoms with Gasteiger partial charge in [0.15, 0.2) is 0 Å². The number of carbonyl (C=O) groups is 2. The third kappa shape index (κ3) is 4.28. The Morgan fingerprint density at radius 2 is 1.36 bits per heavy atom. The first-order valence-corrected chi connectivity index (χ1v) is 8.59. The van der Waals surface area contributed by atoms with Crippen LogP contribution in [0.4, 0.5) is 11.4 Å². The minimum Gasteiger partial charge on any atom is -0.326 e. The number of hydrogen-bond acceptors (Lipinski definition) is 2. The summed E-state index contributed by atoms with van der Waals surface area (Å²) in [6.07, 6.45) is 4.97. The number of halogens is 1. The number of benzene rings is 2. The molecule has 2 aromatic rings. The average Bonchev–Trinajstić information content (AvgIpc) is 2.64. The number of carbonyl (C=O) groups excluding carboxylic acids is 2. The van der Waals surface area contributed by atoms with Crippen LogP contribution in [0.15, 0.2) is 66.7 Å². The lowest BCUT2D eigenvalue weighted by atomic mass is 9.81. The van der Waals surface area contributed by atoms with E-state index in [-0.39, 0.29) is 11.8 Å². The van der Waals surface area contributed by atoms with Crippen molar-refractivity contribution in [3.63, 3.8) is 0 Å². The SMILES string of the molecule is O=C(Nc1ccccc1)C1CC=CCC1C(=O)Nc1ccccc1Cl. The normalized spacial score (nSPS) is 19.2. The summed E-state index contributed by atoms with van der Waals surface area (Å²) >= 11 is 6.11. The van der Waals surface area contributed by atoms with E-state index in [1.807, 2.05) is 48.6 Å². The molecule has 2 N–H and O–H groups in total. The number of hydrogen-bond donors (Lipinski definition) is 2. The van der Waals surface area contributed by atoms with E-state index < -0.39 is 11.8 Å². The van der Waals surface area contributed by atoms with Gasteiger partial charge in [-0.1, -0.05) is 54.1 Å². The van der Waals surface area contributed by atoms with Crippen LogP contribution in [0.5, 0.6) is 0 Å². The Kier molecular flexibility index (Phi) is 5.51. The lowest BCUT2D eigenvalue weighted by Crippen LogP contribution is -2.37. The Morgan fingerprint density at radius 1 is 0.800 bits per heavy atom. The summed E-state index contributed by atoms with van der Waals surface area (Å²) in [5.74, 6) is -1.17. The molecule has 128 valence electrons. The fourth-order valence-corrected chi connectivity index (χ4v) is 3.12. The molecular formula is C20H19ClN2O2. The van der Waals surface area contributed by atoms with Crippen molar-refractivity contribution >= 4 is 34.8 Å². The van der Waals surface area contributed by atoms with Crippen LogP contribution >= 0.6 is 11.6 Å². The topological polar surface area (TPSA) is 58.2 Å². The van der Waals surface area contributed by atoms with E-state index in [2.05, 4.69) is 10.6 Å². The summed E-state index contributed by atoms with van der Waals surface area (Å²) in [4.78, 5) is 25.4. The molecule has 0 spiro atoms. The highest BCUT2D eigenvalue weighted by molar-refractivity contribution is 6.33. The van der Waals surface area contributed by atoms with Crippen molar-refractivity contribution in [1.29, 1.82) is 0 Å². The molecule has 0 fully saturated rings. The van der Waals surface area contributed by atoms with Crippen LogP contribution in [0.25, 0.3) is 0 Å². The average molecular weight is 355 g/mol. The second kappa shape index (κ2) is 7.99. The lowest BCUT2D eigenvalue weighted by molar-refractivity contribution is -0.129. The third-order valence-corrected chi connectivity index (χ3v) is 4.61. The summed E-state index contributed by atoms with van der Waals surface area (Å²) in [7, 11) is 0. The number of amides is 2. The first kappa shape index (κ1) is 17.2. The molecule has 0 aromatic heterocycles. The Balaban J connectivity index is 1.72. The van der Waals surface area contributed by atoms with Crippen molar-refractivity contribution in [2.45, 2.75) is 12.8 Å². The molecule has 3 rings (SSSR count). The lowest BCUT2D eigenvalue weighted by Gasteiger charge is -2.27. The molecule has 2 unspecified atom stereocenters. The molecule has 0 saturated carbocycles. The van der Waals surface area contributed by atoms with Gasteiger partial charge in [0.2, 0.25) is 11.8 Å². The molecule has 25 heavy (non-hydrogen) atoms. The smallest absolute Gasteiger partial charge is 0.228 e. The molecule has 1 aliphatic carbocycles. The second-order valence-corrected chi connectivity index (χ2v) is 6.39. The minimum absolute atomic E-state index is 0.144. The zero-order valence-electron chi connectivity index (χ0n) is 13.6. The zero-order chi connectivity index (χ0) is 17.6. The number of nitrogens with one attached hydrogen (secondary N) is 2. The Morgan fingerprint density at radius 3 is 2.00 bits per heavy atom. The van der Waals surface area contributed by atoms with Crippen molar-refractivity contribution in [3.05, 3.63) is 71.8 Å². The van der Waals surface area contributed by atoms with Gasteiger partial charge in [-0.2, -0.15) is 0 Å². The van der Waals surface area contributed by atoms with E-state index in [1.165, 1.54) is 0 Å². The van der Waals surface area contributed by atoms with E-state index in [0.717, 1.165) is 5.69 Å². The Labute approximate surface area is 151 Å². The highest BCUT2D eigenvalue weighted by Gasteiger charge is 2.34. The summed E-state index contributed by atoms with van der Waals surface area (Å²) in [6, 6.07) is 16.3. The molecule has 2 atom stereocenters. The van der Waals surface area contributed by atoms with Crippen molar-refractivity contribution in [3.8, 4) is 0 Å². The highest BCUT2D eigenvalue weighted by atomic mass is 35.5. The molecule has 2 amide bonds. The van der Waals surface area contributed by atoms with Crippen molar-refractivity contribution in [1.82, 2.24) is 0 Å². The van der Waals surface area contributed by atoms with Gasteiger partial charge in [0.05, 0.1) is 22.5 Å². The summed E-state index contributed by atoms with van der Waals surface area (Å²) < 4.78 is 0. The van der Waals surface area contributed by atoms with Crippen LogP contribution in [0.1, 0.15) is 12.8 Å². The van der Waals surface area contributed by atoms with Gasteiger partial charge in [-0.15, -0.1) is 0 Å². The molecule has 2 aromatic carbocycles. The fourth-order valence-electron chi connectivity index (χ4n) is 2.94. The largest absolute Gasteiger partial charge is 0.326 e. The maximum Gasteiger partial charge on any atom is 0.228 e. The van der Waals surface area contributed by atoms with Gasteiger partial charge in [0, 0.05) is 5.69 Å². The Bertz CT molecular complexity index is 789. The molecule has 0 bridgehead atoms. The van der Waals surface area contributed by atoms with Crippen LogP contribution < -0.4 is 10.6 Å². The van der Waals surface area contributed by atoms with Crippen molar-refractivity contribution in [2.24, 2.45) is 11.8 Å². The summed E-state index contributed by atoms with van der Waals surface area (Å²) in [5, 5.41) is 6.22. The molecule has 0 heterocycles. The van der Waals surface area contributed by atoms with Crippen LogP contribution in [0.2, 0.25) is 5.02 Å². The molecule has 0 aliphatic heterocycles. The van der Waals surface area contributed by atoms with Crippen LogP contribution in [-0.4, -0.2) is 11.8 Å². The van der Waals surface area contributed by atoms with E-state index >= 15 is 0 Å². The first-order chi connectivity index (χ1) is 12.1. The quantitative estimate of drug-likeness (QED) is 0.794. The summed E-state index contributed by atoms with van der Waals surface area (Å²) in [5.41, 5.74) is 1.29. The maximum absolute atomic E-state index is 12.7. The van der Waals surface area contributed by atoms with Crippen LogP contribution in [-0.2, 0) is 9.59 Å². The van der Waals surface area contributed by atoms with Crippen molar-refractivity contribution in [2.75, 3.05) is 10.6 Å². The molecule has 5 heteroatoms. The van der Waals surface area contributed by atoms with Gasteiger partial charge in [0.1, 0.15) is 0 Å². The van der Waals surface area contributed by atoms with Gasteiger partial charge in [0.25, 0.3) is 0 Å². The predicted molar refractivity (Wildman–Crippen MR) is 101 cm³/mol. The van der Waals surface area contributed by atoms with E-state index in [9.17, 15) is 9.59 Å². The van der Waals surface area contributed by atoms with E-state index in [0.29, 0.717) is 23.6 Å². The predicted octanol–water partition coefficient (Wildman–Crippen LogP) is 4.50. The Hall–Kier alpha value is -2.59. The monoisotopic (exact) mass is 354 g/mol. The fraction of sp³-hybridized carbons (Fsp3) is 0.200. The van der Waals surface area contributed by atoms with Crippen LogP contribution in [0, 0.1) is 11.8 Å². The first-order valence-electron chi connectivity index (χ1n) is 8.21. The minimum atomic E-state index is -0.426. The van der Waals surface area contributed by atoms with E-state index in [1.54, 1.807) is 18.2 Å². The standard InChI is InChI=1S/C20H19ClN2O2/c21-17-12-6-7-13-18(17)23-20(25)16-11-5-4-10-15(16)19(24)22-14-8-2-1-3-9-14/h1-9,12-13,15-16H,10-11H2,(H,22,24)(H,23,25). The number of anilines is 2. The zero-order valence-corrected chi connectivity index (χ0v) is 14.4. The van der Waals surface area contributed by atoms with Crippen molar-refractivity contribution < 1.29 is 9.59 Å².